The third-order valence-electron chi connectivity index (χ3n) is 4.65. The van der Waals surface area contributed by atoms with Gasteiger partial charge in [-0.15, -0.1) is 0 Å². The zero-order valence-corrected chi connectivity index (χ0v) is 17.3. The highest BCUT2D eigenvalue weighted by molar-refractivity contribution is 5.86. The Morgan fingerprint density at radius 2 is 1.27 bits per heavy atom. The fourth-order valence-corrected chi connectivity index (χ4v) is 2.82. The molecule has 0 heterocycles. The van der Waals surface area contributed by atoms with Crippen LogP contribution in [0, 0.1) is 0 Å². The molecular formula is C22H41NO3. The lowest BCUT2D eigenvalue weighted by atomic mass is 10.0. The molecule has 4 nitrogen and oxygen atoms in total. The Hall–Kier alpha value is -1.32. The first-order valence-corrected chi connectivity index (χ1v) is 10.6. The summed E-state index contributed by atoms with van der Waals surface area (Å²) >= 11 is 0. The third kappa shape index (κ3) is 15.0. The Kier molecular flexibility index (Phi) is 15.1. The molecule has 4 heteroatoms. The summed E-state index contributed by atoms with van der Waals surface area (Å²) < 4.78 is 0. The number of aliphatic carboxylic acids is 1. The van der Waals surface area contributed by atoms with Crippen molar-refractivity contribution >= 4 is 11.9 Å². The number of carboxylic acids is 1. The van der Waals surface area contributed by atoms with Crippen LogP contribution in [0.25, 0.3) is 0 Å². The maximum atomic E-state index is 11.7. The van der Waals surface area contributed by atoms with Crippen LogP contribution in [0.5, 0.6) is 0 Å². The molecule has 0 aromatic rings. The van der Waals surface area contributed by atoms with E-state index in [1.165, 1.54) is 71.6 Å². The second-order valence-electron chi connectivity index (χ2n) is 7.81. The van der Waals surface area contributed by atoms with E-state index in [1.807, 2.05) is 0 Å². The van der Waals surface area contributed by atoms with Gasteiger partial charge in [-0.05, 0) is 46.0 Å². The highest BCUT2D eigenvalue weighted by Crippen LogP contribution is 2.10. The molecule has 0 saturated carbocycles. The van der Waals surface area contributed by atoms with Crippen LogP contribution in [0.3, 0.4) is 0 Å². The lowest BCUT2D eigenvalue weighted by Gasteiger charge is -2.20. The first kappa shape index (κ1) is 24.7. The summed E-state index contributed by atoms with van der Waals surface area (Å²) in [5.41, 5.74) is -1.18. The van der Waals surface area contributed by atoms with Crippen LogP contribution in [0.4, 0.5) is 0 Å². The van der Waals surface area contributed by atoms with E-state index in [-0.39, 0.29) is 5.91 Å². The zero-order valence-electron chi connectivity index (χ0n) is 17.3. The molecule has 0 unspecified atom stereocenters. The highest BCUT2D eigenvalue weighted by Gasteiger charge is 2.28. The van der Waals surface area contributed by atoms with Gasteiger partial charge in [0.2, 0.25) is 5.91 Å². The molecule has 0 spiro atoms. The number of carbonyl (C=O) groups is 2. The van der Waals surface area contributed by atoms with Gasteiger partial charge in [0, 0.05) is 6.42 Å². The van der Waals surface area contributed by atoms with Crippen molar-refractivity contribution in [3.8, 4) is 0 Å². The first-order chi connectivity index (χ1) is 12.4. The van der Waals surface area contributed by atoms with Gasteiger partial charge in [0.15, 0.2) is 0 Å². The van der Waals surface area contributed by atoms with Gasteiger partial charge in [-0.2, -0.15) is 0 Å². The maximum Gasteiger partial charge on any atom is 0.328 e. The van der Waals surface area contributed by atoms with E-state index >= 15 is 0 Å². The molecule has 0 aliphatic heterocycles. The van der Waals surface area contributed by atoms with Gasteiger partial charge in [0.05, 0.1) is 0 Å². The van der Waals surface area contributed by atoms with E-state index in [2.05, 4.69) is 24.4 Å². The molecule has 1 amide bonds. The predicted octanol–water partition coefficient (Wildman–Crippen LogP) is 6.00. The smallest absolute Gasteiger partial charge is 0.328 e. The second kappa shape index (κ2) is 15.9. The molecular weight excluding hydrogens is 326 g/mol. The minimum Gasteiger partial charge on any atom is -0.480 e. The molecule has 0 saturated heterocycles. The van der Waals surface area contributed by atoms with Crippen molar-refractivity contribution in [2.75, 3.05) is 0 Å². The van der Waals surface area contributed by atoms with Gasteiger partial charge in [0.25, 0.3) is 0 Å². The molecule has 0 aromatic heterocycles. The molecule has 2 N–H and O–H groups in total. The van der Waals surface area contributed by atoms with Crippen molar-refractivity contribution in [1.82, 2.24) is 5.32 Å². The van der Waals surface area contributed by atoms with Gasteiger partial charge in [-0.25, -0.2) is 4.79 Å². The van der Waals surface area contributed by atoms with E-state index in [9.17, 15) is 9.59 Å². The summed E-state index contributed by atoms with van der Waals surface area (Å²) in [6, 6.07) is 0. The number of hydrogen-bond donors (Lipinski definition) is 2. The number of nitrogens with one attached hydrogen (secondary N) is 1. The average molecular weight is 368 g/mol. The standard InChI is InChI=1S/C22H41NO3/c1-4-5-6-7-8-9-10-11-12-13-14-15-16-17-18-19-20(24)23-22(2,3)21(25)26/h11-12H,4-10,13-19H2,1-3H3,(H,23,24)(H,25,26). The zero-order chi connectivity index (χ0) is 19.7. The van der Waals surface area contributed by atoms with Crippen molar-refractivity contribution in [3.63, 3.8) is 0 Å². The number of carbonyl (C=O) groups excluding carboxylic acids is 1. The summed E-state index contributed by atoms with van der Waals surface area (Å²) in [5, 5.41) is 11.5. The Labute approximate surface area is 160 Å². The molecule has 0 aromatic carbocycles. The van der Waals surface area contributed by atoms with Crippen molar-refractivity contribution in [3.05, 3.63) is 12.2 Å². The van der Waals surface area contributed by atoms with Crippen LogP contribution in [-0.4, -0.2) is 22.5 Å². The SMILES string of the molecule is CCCCCCCCC=CCCCCCCCC(=O)NC(C)(C)C(=O)O. The third-order valence-corrected chi connectivity index (χ3v) is 4.65. The Morgan fingerprint density at radius 3 is 1.77 bits per heavy atom. The summed E-state index contributed by atoms with van der Waals surface area (Å²) in [6.45, 7) is 5.27. The molecule has 0 atom stereocenters. The van der Waals surface area contributed by atoms with E-state index in [1.54, 1.807) is 0 Å². The summed E-state index contributed by atoms with van der Waals surface area (Å²) in [7, 11) is 0. The molecule has 26 heavy (non-hydrogen) atoms. The predicted molar refractivity (Wildman–Crippen MR) is 109 cm³/mol. The Bertz CT molecular complexity index is 402. The topological polar surface area (TPSA) is 66.4 Å². The monoisotopic (exact) mass is 367 g/mol. The van der Waals surface area contributed by atoms with E-state index in [4.69, 9.17) is 5.11 Å². The first-order valence-electron chi connectivity index (χ1n) is 10.6. The van der Waals surface area contributed by atoms with Gasteiger partial charge in [-0.1, -0.05) is 70.4 Å². The summed E-state index contributed by atoms with van der Waals surface area (Å²) in [5.74, 6) is -1.18. The maximum absolute atomic E-state index is 11.7. The van der Waals surface area contributed by atoms with Crippen molar-refractivity contribution in [2.45, 2.75) is 116 Å². The van der Waals surface area contributed by atoms with Crippen molar-refractivity contribution in [2.24, 2.45) is 0 Å². The number of unbranched alkanes of at least 4 members (excludes halogenated alkanes) is 11. The molecule has 0 aliphatic rings. The number of amides is 1. The van der Waals surface area contributed by atoms with Crippen LogP contribution < -0.4 is 5.32 Å². The molecule has 152 valence electrons. The van der Waals surface area contributed by atoms with Crippen LogP contribution in [0.15, 0.2) is 12.2 Å². The van der Waals surface area contributed by atoms with Crippen molar-refractivity contribution in [1.29, 1.82) is 0 Å². The lowest BCUT2D eigenvalue weighted by Crippen LogP contribution is -2.49. The Balaban J connectivity index is 3.39. The quantitative estimate of drug-likeness (QED) is 0.245. The Morgan fingerprint density at radius 1 is 0.808 bits per heavy atom. The second-order valence-corrected chi connectivity index (χ2v) is 7.81. The highest BCUT2D eigenvalue weighted by atomic mass is 16.4. The lowest BCUT2D eigenvalue weighted by molar-refractivity contribution is -0.146. The summed E-state index contributed by atoms with van der Waals surface area (Å²) in [4.78, 5) is 22.7. The fraction of sp³-hybridized carbons (Fsp3) is 0.818. The number of rotatable bonds is 17. The van der Waals surface area contributed by atoms with Gasteiger partial charge < -0.3 is 10.4 Å². The van der Waals surface area contributed by atoms with E-state index < -0.39 is 11.5 Å². The van der Waals surface area contributed by atoms with Gasteiger partial charge >= 0.3 is 5.97 Å². The van der Waals surface area contributed by atoms with E-state index in [0.29, 0.717) is 6.42 Å². The number of allylic oxidation sites excluding steroid dienone is 2. The van der Waals surface area contributed by atoms with Gasteiger partial charge in [-0.3, -0.25) is 4.79 Å². The normalized spacial score (nSPS) is 11.8. The molecule has 0 fully saturated rings. The molecule has 0 aliphatic carbocycles. The average Bonchev–Trinajstić information content (AvgIpc) is 2.57. The molecule has 0 bridgehead atoms. The van der Waals surface area contributed by atoms with Crippen LogP contribution in [-0.2, 0) is 9.59 Å². The van der Waals surface area contributed by atoms with Crippen LogP contribution in [0.1, 0.15) is 111 Å². The number of hydrogen-bond acceptors (Lipinski definition) is 2. The van der Waals surface area contributed by atoms with E-state index in [0.717, 1.165) is 25.7 Å². The van der Waals surface area contributed by atoms with Gasteiger partial charge in [0.1, 0.15) is 5.54 Å². The largest absolute Gasteiger partial charge is 0.480 e. The van der Waals surface area contributed by atoms with Crippen LogP contribution in [0.2, 0.25) is 0 Å². The molecule has 0 radical (unpaired) electrons. The fourth-order valence-electron chi connectivity index (χ4n) is 2.82. The van der Waals surface area contributed by atoms with Crippen LogP contribution >= 0.6 is 0 Å². The van der Waals surface area contributed by atoms with Crippen molar-refractivity contribution < 1.29 is 14.7 Å². The number of carboxylic acid groups (broad SMARTS) is 1. The minimum atomic E-state index is -1.18. The minimum absolute atomic E-state index is 0.171. The molecule has 0 rings (SSSR count). The summed E-state index contributed by atoms with van der Waals surface area (Å²) in [6.07, 6.45) is 21.0.